The number of nitrogens with zero attached hydrogens (tertiary/aromatic N) is 2. The number of aryl methyl sites for hydroxylation is 1. The van der Waals surface area contributed by atoms with E-state index in [1.54, 1.807) is 6.07 Å². The first-order valence-electron chi connectivity index (χ1n) is 6.50. The molecule has 0 unspecified atom stereocenters. The molecular weight excluding hydrogens is 241 g/mol. The molecule has 2 aromatic rings. The van der Waals surface area contributed by atoms with E-state index in [0.717, 1.165) is 41.3 Å². The van der Waals surface area contributed by atoms with Gasteiger partial charge in [0.15, 0.2) is 0 Å². The summed E-state index contributed by atoms with van der Waals surface area (Å²) >= 11 is 0. The van der Waals surface area contributed by atoms with Gasteiger partial charge in [-0.05, 0) is 43.5 Å². The van der Waals surface area contributed by atoms with Crippen molar-refractivity contribution in [1.82, 2.24) is 9.97 Å². The van der Waals surface area contributed by atoms with Crippen molar-refractivity contribution in [2.75, 3.05) is 12.4 Å². The van der Waals surface area contributed by atoms with Gasteiger partial charge in [0, 0.05) is 24.6 Å². The summed E-state index contributed by atoms with van der Waals surface area (Å²) in [6.07, 6.45) is 2.32. The van der Waals surface area contributed by atoms with Gasteiger partial charge in [-0.15, -0.1) is 0 Å². The van der Waals surface area contributed by atoms with Crippen LogP contribution < -0.4 is 5.32 Å². The zero-order valence-electron chi connectivity index (χ0n) is 11.1. The summed E-state index contributed by atoms with van der Waals surface area (Å²) in [5.74, 6) is 1.99. The molecule has 19 heavy (non-hydrogen) atoms. The lowest BCUT2D eigenvalue weighted by molar-refractivity contribution is 0.627. The number of rotatable bonds is 3. The van der Waals surface area contributed by atoms with Crippen molar-refractivity contribution in [3.63, 3.8) is 0 Å². The van der Waals surface area contributed by atoms with Crippen molar-refractivity contribution >= 4 is 5.82 Å². The van der Waals surface area contributed by atoms with Gasteiger partial charge in [-0.3, -0.25) is 0 Å². The first kappa shape index (κ1) is 12.1. The minimum Gasteiger partial charge on any atom is -0.373 e. The minimum absolute atomic E-state index is 0.216. The molecule has 1 aromatic heterocycles. The number of aromatic nitrogens is 2. The third-order valence-electron chi connectivity index (χ3n) is 3.41. The molecule has 0 radical (unpaired) electrons. The Balaban J connectivity index is 2.10. The van der Waals surface area contributed by atoms with Gasteiger partial charge in [-0.2, -0.15) is 0 Å². The van der Waals surface area contributed by atoms with Crippen molar-refractivity contribution in [2.24, 2.45) is 0 Å². The maximum absolute atomic E-state index is 13.2. The quantitative estimate of drug-likeness (QED) is 0.914. The molecular formula is C15H16FN3. The number of hydrogen-bond acceptors (Lipinski definition) is 3. The van der Waals surface area contributed by atoms with Crippen LogP contribution in [0, 0.1) is 12.7 Å². The summed E-state index contributed by atoms with van der Waals surface area (Å²) < 4.78 is 13.2. The van der Waals surface area contributed by atoms with Gasteiger partial charge in [-0.25, -0.2) is 14.4 Å². The highest BCUT2D eigenvalue weighted by Gasteiger charge is 2.27. The van der Waals surface area contributed by atoms with Gasteiger partial charge in [-0.1, -0.05) is 0 Å². The minimum atomic E-state index is -0.216. The molecule has 1 aromatic carbocycles. The van der Waals surface area contributed by atoms with Gasteiger partial charge in [0.05, 0.1) is 5.69 Å². The smallest absolute Gasteiger partial charge is 0.134 e. The molecule has 0 saturated heterocycles. The van der Waals surface area contributed by atoms with Crippen LogP contribution in [0.1, 0.15) is 30.1 Å². The molecule has 0 bridgehead atoms. The van der Waals surface area contributed by atoms with E-state index in [-0.39, 0.29) is 5.82 Å². The standard InChI is InChI=1S/C15H16FN3/c1-9-7-11(16)5-6-12(9)13-8-14(17-2)19-15(18-13)10-3-4-10/h5-8,10H,3-4H2,1-2H3,(H,17,18,19). The fourth-order valence-electron chi connectivity index (χ4n) is 2.17. The second-order valence-electron chi connectivity index (χ2n) is 4.98. The van der Waals surface area contributed by atoms with Gasteiger partial charge in [0.2, 0.25) is 0 Å². The number of benzene rings is 1. The Morgan fingerprint density at radius 2 is 2.00 bits per heavy atom. The van der Waals surface area contributed by atoms with Crippen LogP contribution in [0.2, 0.25) is 0 Å². The molecule has 0 spiro atoms. The van der Waals surface area contributed by atoms with Crippen molar-refractivity contribution in [3.05, 3.63) is 41.5 Å². The Kier molecular flexibility index (Phi) is 2.93. The van der Waals surface area contributed by atoms with Gasteiger partial charge < -0.3 is 5.32 Å². The normalized spacial score (nSPS) is 14.5. The van der Waals surface area contributed by atoms with Crippen LogP contribution in [-0.2, 0) is 0 Å². The maximum atomic E-state index is 13.2. The highest BCUT2D eigenvalue weighted by molar-refractivity contribution is 5.66. The highest BCUT2D eigenvalue weighted by atomic mass is 19.1. The Labute approximate surface area is 111 Å². The van der Waals surface area contributed by atoms with Crippen LogP contribution in [-0.4, -0.2) is 17.0 Å². The lowest BCUT2D eigenvalue weighted by Gasteiger charge is -2.09. The van der Waals surface area contributed by atoms with E-state index in [2.05, 4.69) is 15.3 Å². The van der Waals surface area contributed by atoms with Crippen molar-refractivity contribution in [2.45, 2.75) is 25.7 Å². The summed E-state index contributed by atoms with van der Waals surface area (Å²) in [5.41, 5.74) is 2.71. The van der Waals surface area contributed by atoms with Crippen LogP contribution in [0.4, 0.5) is 10.2 Å². The molecule has 98 valence electrons. The molecule has 1 heterocycles. The van der Waals surface area contributed by atoms with E-state index in [4.69, 9.17) is 0 Å². The number of halogens is 1. The third-order valence-corrected chi connectivity index (χ3v) is 3.41. The molecule has 0 aliphatic heterocycles. The van der Waals surface area contributed by atoms with Crippen LogP contribution in [0.25, 0.3) is 11.3 Å². The second-order valence-corrected chi connectivity index (χ2v) is 4.98. The molecule has 4 heteroatoms. The average molecular weight is 257 g/mol. The molecule has 1 saturated carbocycles. The molecule has 1 aliphatic carbocycles. The third kappa shape index (κ3) is 2.43. The van der Waals surface area contributed by atoms with E-state index in [1.165, 1.54) is 12.1 Å². The van der Waals surface area contributed by atoms with Crippen LogP contribution in [0.15, 0.2) is 24.3 Å². The molecule has 1 aliphatic rings. The zero-order valence-corrected chi connectivity index (χ0v) is 11.1. The fraction of sp³-hybridized carbons (Fsp3) is 0.333. The number of hydrogen-bond donors (Lipinski definition) is 1. The summed E-state index contributed by atoms with van der Waals surface area (Å²) in [6, 6.07) is 6.70. The van der Waals surface area contributed by atoms with E-state index in [1.807, 2.05) is 20.0 Å². The fourth-order valence-corrected chi connectivity index (χ4v) is 2.17. The largest absolute Gasteiger partial charge is 0.373 e. The monoisotopic (exact) mass is 257 g/mol. The van der Waals surface area contributed by atoms with E-state index >= 15 is 0 Å². The topological polar surface area (TPSA) is 37.8 Å². The van der Waals surface area contributed by atoms with E-state index in [9.17, 15) is 4.39 Å². The van der Waals surface area contributed by atoms with E-state index in [0.29, 0.717) is 5.92 Å². The van der Waals surface area contributed by atoms with Crippen molar-refractivity contribution in [1.29, 1.82) is 0 Å². The lowest BCUT2D eigenvalue weighted by atomic mass is 10.1. The van der Waals surface area contributed by atoms with Gasteiger partial charge in [0.1, 0.15) is 17.5 Å². The van der Waals surface area contributed by atoms with Gasteiger partial charge in [0.25, 0.3) is 0 Å². The Hall–Kier alpha value is -1.97. The average Bonchev–Trinajstić information content (AvgIpc) is 3.22. The van der Waals surface area contributed by atoms with Gasteiger partial charge >= 0.3 is 0 Å². The summed E-state index contributed by atoms with van der Waals surface area (Å²) in [5, 5.41) is 3.07. The Bertz CT molecular complexity index is 621. The van der Waals surface area contributed by atoms with Crippen molar-refractivity contribution < 1.29 is 4.39 Å². The number of nitrogens with one attached hydrogen (secondary N) is 1. The van der Waals surface area contributed by atoms with Crippen LogP contribution in [0.3, 0.4) is 0 Å². The Morgan fingerprint density at radius 1 is 1.21 bits per heavy atom. The summed E-state index contributed by atoms with van der Waals surface area (Å²) in [7, 11) is 1.85. The van der Waals surface area contributed by atoms with Crippen LogP contribution >= 0.6 is 0 Å². The molecule has 3 nitrogen and oxygen atoms in total. The van der Waals surface area contributed by atoms with Crippen molar-refractivity contribution in [3.8, 4) is 11.3 Å². The molecule has 0 amide bonds. The lowest BCUT2D eigenvalue weighted by Crippen LogP contribution is -2.01. The first-order chi connectivity index (χ1) is 9.17. The van der Waals surface area contributed by atoms with E-state index < -0.39 is 0 Å². The molecule has 0 atom stereocenters. The zero-order chi connectivity index (χ0) is 13.4. The highest BCUT2D eigenvalue weighted by Crippen LogP contribution is 2.39. The van der Waals surface area contributed by atoms with Crippen LogP contribution in [0.5, 0.6) is 0 Å². The second kappa shape index (κ2) is 4.61. The first-order valence-corrected chi connectivity index (χ1v) is 6.50. The molecule has 1 N–H and O–H groups in total. The SMILES string of the molecule is CNc1cc(-c2ccc(F)cc2C)nc(C2CC2)n1. The summed E-state index contributed by atoms with van der Waals surface area (Å²) in [4.78, 5) is 9.12. The predicted octanol–water partition coefficient (Wildman–Crippen LogP) is 3.51. The maximum Gasteiger partial charge on any atom is 0.134 e. The number of anilines is 1. The molecule has 3 rings (SSSR count). The molecule has 1 fully saturated rings. The predicted molar refractivity (Wildman–Crippen MR) is 73.7 cm³/mol. The Morgan fingerprint density at radius 3 is 2.63 bits per heavy atom. The summed E-state index contributed by atoms with van der Waals surface area (Å²) in [6.45, 7) is 1.90.